The van der Waals surface area contributed by atoms with Gasteiger partial charge < -0.3 is 4.74 Å². The molecule has 0 aromatic rings. The molecule has 1 amide bonds. The molecule has 0 saturated carbocycles. The Kier molecular flexibility index (Phi) is 4.02. The molecule has 0 aliphatic carbocycles. The van der Waals surface area contributed by atoms with Gasteiger partial charge in [0.05, 0.1) is 17.9 Å². The summed E-state index contributed by atoms with van der Waals surface area (Å²) in [6, 6.07) is 0. The molecule has 6 heteroatoms. The number of hydrogen-bond acceptors (Lipinski definition) is 3. The quantitative estimate of drug-likeness (QED) is 0.592. The lowest BCUT2D eigenvalue weighted by atomic mass is 9.81. The third-order valence-corrected chi connectivity index (χ3v) is 4.42. The molecule has 2 aliphatic heterocycles. The Morgan fingerprint density at radius 3 is 2.71 bits per heavy atom. The zero-order valence-corrected chi connectivity index (χ0v) is 12.1. The molecular weight excluding hydrogens is 280 g/mol. The van der Waals surface area contributed by atoms with E-state index in [4.69, 9.17) is 4.74 Å². The second-order valence-corrected chi connectivity index (χ2v) is 5.54. The lowest BCUT2D eigenvalue weighted by molar-refractivity contribution is -0.173. The number of amides is 1. The second-order valence-electron chi connectivity index (χ2n) is 5.54. The number of allylic oxidation sites excluding steroid dienone is 1. The number of ether oxygens (including phenoxy) is 1. The Bertz CT molecular complexity index is 503. The molecular formula is C15H19F2NO3. The van der Waals surface area contributed by atoms with E-state index in [1.807, 2.05) is 0 Å². The van der Waals surface area contributed by atoms with Gasteiger partial charge in [0.2, 0.25) is 12.1 Å². The summed E-state index contributed by atoms with van der Waals surface area (Å²) in [5.41, 5.74) is -1.05. The van der Waals surface area contributed by atoms with Crippen molar-refractivity contribution in [2.75, 3.05) is 0 Å². The third-order valence-electron chi connectivity index (χ3n) is 4.42. The predicted octanol–water partition coefficient (Wildman–Crippen LogP) is 2.65. The van der Waals surface area contributed by atoms with E-state index in [9.17, 15) is 18.4 Å². The van der Waals surface area contributed by atoms with Gasteiger partial charge in [-0.15, -0.1) is 6.58 Å². The minimum atomic E-state index is -3.20. The van der Waals surface area contributed by atoms with Gasteiger partial charge in [-0.05, 0) is 18.9 Å². The number of carbonyl (C=O) groups is 2. The highest BCUT2D eigenvalue weighted by molar-refractivity contribution is 6.06. The first-order valence-electron chi connectivity index (χ1n) is 6.97. The Labute approximate surface area is 122 Å². The van der Waals surface area contributed by atoms with Crippen molar-refractivity contribution in [1.82, 2.24) is 4.90 Å². The van der Waals surface area contributed by atoms with Crippen molar-refractivity contribution < 1.29 is 23.1 Å². The van der Waals surface area contributed by atoms with Gasteiger partial charge in [-0.1, -0.05) is 19.9 Å². The van der Waals surface area contributed by atoms with Crippen LogP contribution < -0.4 is 0 Å². The van der Waals surface area contributed by atoms with Gasteiger partial charge in [-0.2, -0.15) is 0 Å². The first-order valence-corrected chi connectivity index (χ1v) is 6.97. The van der Waals surface area contributed by atoms with Gasteiger partial charge >= 0.3 is 0 Å². The summed E-state index contributed by atoms with van der Waals surface area (Å²) in [4.78, 5) is 23.9. The van der Waals surface area contributed by atoms with E-state index in [-0.39, 0.29) is 6.42 Å². The molecule has 2 rings (SSSR count). The maximum atomic E-state index is 14.6. The van der Waals surface area contributed by atoms with Crippen LogP contribution in [-0.2, 0) is 14.3 Å². The van der Waals surface area contributed by atoms with Crippen molar-refractivity contribution in [3.63, 3.8) is 0 Å². The number of halogens is 2. The summed E-state index contributed by atoms with van der Waals surface area (Å²) >= 11 is 0. The zero-order chi connectivity index (χ0) is 15.8. The molecule has 4 nitrogen and oxygen atoms in total. The predicted molar refractivity (Wildman–Crippen MR) is 72.4 cm³/mol. The SMILES string of the molecule is C=CC[C@]1(CC)O[C@@H](N2C=CC(=O)CC2=O)C(F)(F)[C@@H]1C. The van der Waals surface area contributed by atoms with E-state index in [0.717, 1.165) is 17.2 Å². The van der Waals surface area contributed by atoms with E-state index in [0.29, 0.717) is 6.42 Å². The Hall–Kier alpha value is -1.56. The molecule has 0 aromatic heterocycles. The molecule has 1 fully saturated rings. The van der Waals surface area contributed by atoms with Crippen LogP contribution in [0.3, 0.4) is 0 Å². The molecule has 1 saturated heterocycles. The molecule has 0 unspecified atom stereocenters. The fourth-order valence-corrected chi connectivity index (χ4v) is 2.97. The smallest absolute Gasteiger partial charge is 0.297 e. The molecule has 0 bridgehead atoms. The van der Waals surface area contributed by atoms with Crippen molar-refractivity contribution in [3.05, 3.63) is 24.9 Å². The minimum absolute atomic E-state index is 0.279. The zero-order valence-electron chi connectivity index (χ0n) is 12.1. The Balaban J connectivity index is 2.36. The number of nitrogens with zero attached hydrogens (tertiary/aromatic N) is 1. The largest absolute Gasteiger partial charge is 0.344 e. The van der Waals surface area contributed by atoms with Gasteiger partial charge in [-0.3, -0.25) is 14.5 Å². The topological polar surface area (TPSA) is 46.6 Å². The standard InChI is InChI=1S/C15H19F2NO3/c1-4-7-14(5-2)10(3)15(16,17)13(21-14)18-8-6-11(19)9-12(18)20/h4,6,8,10,13H,1,5,7,9H2,2-3H3/t10-,13-,14+/m1/s1. The molecule has 0 aromatic carbocycles. The molecule has 0 N–H and O–H groups in total. The molecule has 3 atom stereocenters. The Morgan fingerprint density at radius 2 is 2.19 bits per heavy atom. The Morgan fingerprint density at radius 1 is 1.52 bits per heavy atom. The van der Waals surface area contributed by atoms with Gasteiger partial charge in [-0.25, -0.2) is 8.78 Å². The number of rotatable bonds is 4. The number of hydrogen-bond donors (Lipinski definition) is 0. The highest BCUT2D eigenvalue weighted by Crippen LogP contribution is 2.51. The maximum absolute atomic E-state index is 14.6. The highest BCUT2D eigenvalue weighted by atomic mass is 19.3. The molecule has 2 aliphatic rings. The molecule has 0 radical (unpaired) electrons. The van der Waals surface area contributed by atoms with Crippen molar-refractivity contribution in [3.8, 4) is 0 Å². The van der Waals surface area contributed by atoms with Gasteiger partial charge in [0.25, 0.3) is 5.92 Å². The lowest BCUT2D eigenvalue weighted by Crippen LogP contribution is -2.48. The van der Waals surface area contributed by atoms with Crippen LogP contribution in [0.4, 0.5) is 8.78 Å². The average molecular weight is 299 g/mol. The van der Waals surface area contributed by atoms with Crippen LogP contribution in [0.2, 0.25) is 0 Å². The number of alkyl halides is 2. The summed E-state index contributed by atoms with van der Waals surface area (Å²) in [6.45, 7) is 6.80. The molecule has 0 spiro atoms. The molecule has 21 heavy (non-hydrogen) atoms. The average Bonchev–Trinajstić information content (AvgIpc) is 2.61. The monoisotopic (exact) mass is 299 g/mol. The molecule has 116 valence electrons. The summed E-state index contributed by atoms with van der Waals surface area (Å²) in [5, 5.41) is 0. The molecule has 2 heterocycles. The maximum Gasteiger partial charge on any atom is 0.297 e. The van der Waals surface area contributed by atoms with Gasteiger partial charge in [0.1, 0.15) is 0 Å². The highest BCUT2D eigenvalue weighted by Gasteiger charge is 2.65. The minimum Gasteiger partial charge on any atom is -0.344 e. The van der Waals surface area contributed by atoms with Crippen LogP contribution in [0.5, 0.6) is 0 Å². The van der Waals surface area contributed by atoms with E-state index < -0.39 is 41.8 Å². The lowest BCUT2D eigenvalue weighted by Gasteiger charge is -2.32. The third kappa shape index (κ3) is 2.41. The van der Waals surface area contributed by atoms with Crippen LogP contribution in [0.25, 0.3) is 0 Å². The van der Waals surface area contributed by atoms with Crippen LogP contribution in [0, 0.1) is 5.92 Å². The van der Waals surface area contributed by atoms with Crippen molar-refractivity contribution in [2.45, 2.75) is 50.9 Å². The summed E-state index contributed by atoms with van der Waals surface area (Å²) in [5.74, 6) is -5.31. The fraction of sp³-hybridized carbons (Fsp3) is 0.600. The number of carbonyl (C=O) groups excluding carboxylic acids is 2. The van der Waals surface area contributed by atoms with Crippen LogP contribution in [0.15, 0.2) is 24.9 Å². The van der Waals surface area contributed by atoms with Crippen molar-refractivity contribution >= 4 is 11.7 Å². The fourth-order valence-electron chi connectivity index (χ4n) is 2.97. The van der Waals surface area contributed by atoms with Crippen molar-refractivity contribution in [2.24, 2.45) is 5.92 Å². The van der Waals surface area contributed by atoms with E-state index in [1.54, 1.807) is 13.0 Å². The van der Waals surface area contributed by atoms with Crippen LogP contribution in [-0.4, -0.2) is 34.3 Å². The van der Waals surface area contributed by atoms with Crippen molar-refractivity contribution in [1.29, 1.82) is 0 Å². The van der Waals surface area contributed by atoms with Crippen LogP contribution >= 0.6 is 0 Å². The summed E-state index contributed by atoms with van der Waals surface area (Å²) in [6.07, 6.45) is 2.36. The van der Waals surface area contributed by atoms with E-state index in [2.05, 4.69) is 6.58 Å². The van der Waals surface area contributed by atoms with E-state index in [1.165, 1.54) is 6.92 Å². The van der Waals surface area contributed by atoms with Crippen LogP contribution in [0.1, 0.15) is 33.1 Å². The first-order chi connectivity index (χ1) is 9.78. The normalized spacial score (nSPS) is 35.3. The first kappa shape index (κ1) is 15.8. The second kappa shape index (κ2) is 5.33. The van der Waals surface area contributed by atoms with Gasteiger partial charge in [0.15, 0.2) is 5.78 Å². The number of ketones is 1. The van der Waals surface area contributed by atoms with E-state index >= 15 is 0 Å². The summed E-state index contributed by atoms with van der Waals surface area (Å²) in [7, 11) is 0. The summed E-state index contributed by atoms with van der Waals surface area (Å²) < 4.78 is 34.8. The van der Waals surface area contributed by atoms with Gasteiger partial charge in [0, 0.05) is 6.20 Å².